The van der Waals surface area contributed by atoms with Crippen LogP contribution in [-0.2, 0) is 17.9 Å². The molecule has 0 atom stereocenters. The van der Waals surface area contributed by atoms with Gasteiger partial charge in [-0.3, -0.25) is 24.3 Å². The van der Waals surface area contributed by atoms with Crippen molar-refractivity contribution in [1.29, 1.82) is 0 Å². The van der Waals surface area contributed by atoms with Gasteiger partial charge in [0, 0.05) is 29.9 Å². The average molecular weight is 360 g/mol. The summed E-state index contributed by atoms with van der Waals surface area (Å²) in [5, 5.41) is 21.9. The molecule has 0 aromatic carbocycles. The fourth-order valence-electron chi connectivity index (χ4n) is 2.11. The normalized spacial score (nSPS) is 10.8. The first-order valence-corrected chi connectivity index (χ1v) is 8.48. The number of nitrogens with zero attached hydrogens (tertiary/aromatic N) is 5. The van der Waals surface area contributed by atoms with Gasteiger partial charge in [0.15, 0.2) is 10.8 Å². The minimum absolute atomic E-state index is 0.0516. The molecule has 25 heavy (non-hydrogen) atoms. The van der Waals surface area contributed by atoms with Crippen LogP contribution < -0.4 is 5.32 Å². The van der Waals surface area contributed by atoms with Crippen molar-refractivity contribution >= 4 is 28.3 Å². The number of rotatable bonds is 7. The van der Waals surface area contributed by atoms with Crippen molar-refractivity contribution in [3.8, 4) is 11.3 Å². The third kappa shape index (κ3) is 4.10. The topological polar surface area (TPSA) is 115 Å². The summed E-state index contributed by atoms with van der Waals surface area (Å²) in [4.78, 5) is 27.2. The van der Waals surface area contributed by atoms with Crippen LogP contribution in [0, 0.1) is 0 Å². The highest BCUT2D eigenvalue weighted by atomic mass is 32.1. The summed E-state index contributed by atoms with van der Waals surface area (Å²) >= 11 is 1.31. The van der Waals surface area contributed by atoms with Gasteiger partial charge in [0.05, 0.1) is 24.9 Å². The van der Waals surface area contributed by atoms with Crippen molar-refractivity contribution in [3.63, 3.8) is 0 Å². The molecule has 130 valence electrons. The quantitative estimate of drug-likeness (QED) is 0.665. The van der Waals surface area contributed by atoms with Gasteiger partial charge in [-0.05, 0) is 13.0 Å². The van der Waals surface area contributed by atoms with Crippen LogP contribution in [0.2, 0.25) is 0 Å². The number of aliphatic carboxylic acids is 1. The number of hydrogen-bond donors (Lipinski definition) is 2. The van der Waals surface area contributed by atoms with Gasteiger partial charge in [-0.2, -0.15) is 10.2 Å². The van der Waals surface area contributed by atoms with E-state index in [9.17, 15) is 9.59 Å². The number of aromatic nitrogens is 5. The zero-order valence-corrected chi connectivity index (χ0v) is 14.2. The summed E-state index contributed by atoms with van der Waals surface area (Å²) in [6, 6.07) is 1.54. The van der Waals surface area contributed by atoms with Crippen LogP contribution in [0.25, 0.3) is 11.3 Å². The molecule has 3 aromatic rings. The maximum Gasteiger partial charge on any atom is 0.305 e. The van der Waals surface area contributed by atoms with Crippen LogP contribution in [0.15, 0.2) is 30.0 Å². The second-order valence-electron chi connectivity index (χ2n) is 5.18. The molecular weight excluding hydrogens is 344 g/mol. The zero-order valence-electron chi connectivity index (χ0n) is 13.4. The van der Waals surface area contributed by atoms with Crippen LogP contribution in [0.4, 0.5) is 5.13 Å². The van der Waals surface area contributed by atoms with E-state index in [0.29, 0.717) is 5.13 Å². The standard InChI is InChI=1S/C15H16N6O3S/c1-2-20-8-10(7-16-20)12-9-25-15(17-12)18-14(24)11-3-5-21(19-11)6-4-13(22)23/h3,5,7-9H,2,4,6H2,1H3,(H,22,23)(H,17,18,24). The Balaban J connectivity index is 1.64. The number of carbonyl (C=O) groups is 2. The molecule has 0 spiro atoms. The second kappa shape index (κ2) is 7.26. The number of carboxylic acid groups (broad SMARTS) is 1. The maximum absolute atomic E-state index is 12.2. The molecule has 0 saturated carbocycles. The lowest BCUT2D eigenvalue weighted by atomic mass is 10.3. The minimum Gasteiger partial charge on any atom is -0.481 e. The number of anilines is 1. The van der Waals surface area contributed by atoms with Gasteiger partial charge in [-0.15, -0.1) is 11.3 Å². The molecule has 0 aliphatic rings. The monoisotopic (exact) mass is 360 g/mol. The van der Waals surface area contributed by atoms with E-state index in [1.165, 1.54) is 22.1 Å². The summed E-state index contributed by atoms with van der Waals surface area (Å²) in [6.45, 7) is 2.99. The molecule has 2 N–H and O–H groups in total. The maximum atomic E-state index is 12.2. The predicted molar refractivity (Wildman–Crippen MR) is 91.4 cm³/mol. The summed E-state index contributed by atoms with van der Waals surface area (Å²) in [6.07, 6.45) is 5.15. The fourth-order valence-corrected chi connectivity index (χ4v) is 2.83. The Bertz CT molecular complexity index is 897. The number of hydrogen-bond acceptors (Lipinski definition) is 6. The smallest absolute Gasteiger partial charge is 0.305 e. The van der Waals surface area contributed by atoms with Gasteiger partial charge >= 0.3 is 5.97 Å². The number of carbonyl (C=O) groups excluding carboxylic acids is 1. The van der Waals surface area contributed by atoms with E-state index in [2.05, 4.69) is 20.5 Å². The third-order valence-electron chi connectivity index (χ3n) is 3.41. The first kappa shape index (κ1) is 16.8. The molecule has 0 bridgehead atoms. The molecule has 3 aromatic heterocycles. The Kier molecular flexibility index (Phi) is 4.89. The first-order chi connectivity index (χ1) is 12.0. The van der Waals surface area contributed by atoms with Crippen molar-refractivity contribution in [2.45, 2.75) is 26.4 Å². The molecular formula is C15H16N6O3S. The number of aryl methyl sites for hydroxylation is 2. The third-order valence-corrected chi connectivity index (χ3v) is 4.16. The Morgan fingerprint density at radius 3 is 2.92 bits per heavy atom. The van der Waals surface area contributed by atoms with Gasteiger partial charge in [0.1, 0.15) is 0 Å². The van der Waals surface area contributed by atoms with Crippen molar-refractivity contribution in [2.75, 3.05) is 5.32 Å². The molecule has 3 rings (SSSR count). The van der Waals surface area contributed by atoms with Crippen molar-refractivity contribution < 1.29 is 14.7 Å². The molecule has 0 fully saturated rings. The van der Waals surface area contributed by atoms with Crippen molar-refractivity contribution in [1.82, 2.24) is 24.5 Å². The van der Waals surface area contributed by atoms with Gasteiger partial charge in [0.2, 0.25) is 0 Å². The number of amides is 1. The SMILES string of the molecule is CCn1cc(-c2csc(NC(=O)c3ccn(CCC(=O)O)n3)n2)cn1. The van der Waals surface area contributed by atoms with Gasteiger partial charge in [-0.1, -0.05) is 0 Å². The molecule has 10 heteroatoms. The van der Waals surface area contributed by atoms with E-state index in [-0.39, 0.29) is 24.6 Å². The van der Waals surface area contributed by atoms with Crippen LogP contribution in [0.1, 0.15) is 23.8 Å². The van der Waals surface area contributed by atoms with E-state index < -0.39 is 5.97 Å². The molecule has 0 saturated heterocycles. The van der Waals surface area contributed by atoms with Gasteiger partial charge < -0.3 is 5.11 Å². The zero-order chi connectivity index (χ0) is 17.8. The molecule has 0 aliphatic carbocycles. The van der Waals surface area contributed by atoms with Crippen molar-refractivity contribution in [2.24, 2.45) is 0 Å². The second-order valence-corrected chi connectivity index (χ2v) is 6.04. The molecule has 0 aliphatic heterocycles. The Morgan fingerprint density at radius 1 is 1.36 bits per heavy atom. The number of nitrogens with one attached hydrogen (secondary N) is 1. The molecule has 0 unspecified atom stereocenters. The molecule has 3 heterocycles. The summed E-state index contributed by atoms with van der Waals surface area (Å²) in [5.74, 6) is -1.30. The minimum atomic E-state index is -0.914. The summed E-state index contributed by atoms with van der Waals surface area (Å²) < 4.78 is 3.23. The highest BCUT2D eigenvalue weighted by molar-refractivity contribution is 7.14. The summed E-state index contributed by atoms with van der Waals surface area (Å²) in [7, 11) is 0. The van der Waals surface area contributed by atoms with Gasteiger partial charge in [0.25, 0.3) is 5.91 Å². The predicted octanol–water partition coefficient (Wildman–Crippen LogP) is 1.95. The van der Waals surface area contributed by atoms with E-state index in [1.807, 2.05) is 18.5 Å². The molecule has 9 nitrogen and oxygen atoms in total. The van der Waals surface area contributed by atoms with Crippen LogP contribution >= 0.6 is 11.3 Å². The van der Waals surface area contributed by atoms with E-state index >= 15 is 0 Å². The molecule has 0 radical (unpaired) electrons. The van der Waals surface area contributed by atoms with Crippen LogP contribution in [0.3, 0.4) is 0 Å². The largest absolute Gasteiger partial charge is 0.481 e. The first-order valence-electron chi connectivity index (χ1n) is 7.60. The Hall–Kier alpha value is -3.01. The Labute approximate surface area is 146 Å². The lowest BCUT2D eigenvalue weighted by Gasteiger charge is -1.99. The summed E-state index contributed by atoms with van der Waals surface area (Å²) in [5.41, 5.74) is 1.84. The Morgan fingerprint density at radius 2 is 2.20 bits per heavy atom. The fraction of sp³-hybridized carbons (Fsp3) is 0.267. The highest BCUT2D eigenvalue weighted by Gasteiger charge is 2.13. The van der Waals surface area contributed by atoms with Gasteiger partial charge in [-0.25, -0.2) is 4.98 Å². The van der Waals surface area contributed by atoms with E-state index in [0.717, 1.165) is 17.8 Å². The highest BCUT2D eigenvalue weighted by Crippen LogP contribution is 2.24. The molecule has 1 amide bonds. The van der Waals surface area contributed by atoms with E-state index in [4.69, 9.17) is 5.11 Å². The number of thiazole rings is 1. The van der Waals surface area contributed by atoms with Crippen molar-refractivity contribution in [3.05, 3.63) is 35.7 Å². The lowest BCUT2D eigenvalue weighted by molar-refractivity contribution is -0.137. The van der Waals surface area contributed by atoms with Crippen LogP contribution in [-0.4, -0.2) is 41.5 Å². The van der Waals surface area contributed by atoms with E-state index in [1.54, 1.807) is 17.1 Å². The number of carboxylic acids is 1. The average Bonchev–Trinajstić information content (AvgIpc) is 3.32. The lowest BCUT2D eigenvalue weighted by Crippen LogP contribution is -2.13. The van der Waals surface area contributed by atoms with Crippen LogP contribution in [0.5, 0.6) is 0 Å².